The molecule has 0 amide bonds. The number of carbonyl (C=O) groups excluding carboxylic acids is 2. The van der Waals surface area contributed by atoms with Gasteiger partial charge in [-0.15, -0.1) is 0 Å². The molecule has 1 aromatic rings. The monoisotopic (exact) mass is 315 g/mol. The van der Waals surface area contributed by atoms with Crippen molar-refractivity contribution in [2.45, 2.75) is 20.0 Å². The van der Waals surface area contributed by atoms with Gasteiger partial charge >= 0.3 is 11.9 Å². The van der Waals surface area contributed by atoms with E-state index in [4.69, 9.17) is 4.74 Å². The lowest BCUT2D eigenvalue weighted by atomic mass is 10.2. The largest absolute Gasteiger partial charge is 0.465 e. The maximum absolute atomic E-state index is 11.9. The summed E-state index contributed by atoms with van der Waals surface area (Å²) in [4.78, 5) is 22.9. The van der Waals surface area contributed by atoms with E-state index in [0.29, 0.717) is 0 Å². The first-order chi connectivity index (χ1) is 9.75. The molecule has 7 nitrogen and oxygen atoms in total. The van der Waals surface area contributed by atoms with E-state index in [0.717, 1.165) is 0 Å². The summed E-state index contributed by atoms with van der Waals surface area (Å²) in [7, 11) is -2.79. The Hall–Kier alpha value is -2.09. The van der Waals surface area contributed by atoms with Crippen LogP contribution in [0.15, 0.2) is 24.3 Å². The van der Waals surface area contributed by atoms with E-state index in [1.807, 2.05) is 0 Å². The second-order valence-electron chi connectivity index (χ2n) is 4.44. The van der Waals surface area contributed by atoms with Crippen LogP contribution in [0.1, 0.15) is 24.2 Å². The average molecular weight is 315 g/mol. The van der Waals surface area contributed by atoms with Crippen molar-refractivity contribution >= 4 is 27.6 Å². The van der Waals surface area contributed by atoms with E-state index in [1.54, 1.807) is 26.0 Å². The van der Waals surface area contributed by atoms with E-state index in [9.17, 15) is 18.0 Å². The van der Waals surface area contributed by atoms with Gasteiger partial charge in [-0.2, -0.15) is 0 Å². The topological polar surface area (TPSA) is 98.8 Å². The van der Waals surface area contributed by atoms with Crippen molar-refractivity contribution in [1.29, 1.82) is 0 Å². The van der Waals surface area contributed by atoms with Crippen LogP contribution in [0.4, 0.5) is 5.69 Å². The van der Waals surface area contributed by atoms with Crippen LogP contribution in [0, 0.1) is 0 Å². The molecule has 1 rings (SSSR count). The van der Waals surface area contributed by atoms with Crippen LogP contribution in [-0.2, 0) is 24.3 Å². The van der Waals surface area contributed by atoms with Gasteiger partial charge in [0.15, 0.2) is 5.75 Å². The van der Waals surface area contributed by atoms with Gasteiger partial charge in [-0.25, -0.2) is 13.2 Å². The number of benzene rings is 1. The number of esters is 2. The zero-order valence-electron chi connectivity index (χ0n) is 12.0. The molecule has 8 heteroatoms. The van der Waals surface area contributed by atoms with Gasteiger partial charge < -0.3 is 9.47 Å². The van der Waals surface area contributed by atoms with Crippen LogP contribution in [0.25, 0.3) is 0 Å². The minimum absolute atomic E-state index is 0.0432. The quantitative estimate of drug-likeness (QED) is 0.791. The van der Waals surface area contributed by atoms with Crippen molar-refractivity contribution in [2.75, 3.05) is 17.6 Å². The third kappa shape index (κ3) is 5.42. The lowest BCUT2D eigenvalue weighted by Crippen LogP contribution is -2.26. The zero-order valence-corrected chi connectivity index (χ0v) is 12.8. The molecular formula is C13H17NO6S. The summed E-state index contributed by atoms with van der Waals surface area (Å²) >= 11 is 0. The van der Waals surface area contributed by atoms with Gasteiger partial charge in [-0.1, -0.05) is 12.1 Å². The third-order valence-corrected chi connectivity index (χ3v) is 3.42. The fourth-order valence-electron chi connectivity index (χ4n) is 1.52. The lowest BCUT2D eigenvalue weighted by Gasteiger charge is -2.12. The van der Waals surface area contributed by atoms with Crippen LogP contribution < -0.4 is 4.72 Å². The molecule has 0 spiro atoms. The van der Waals surface area contributed by atoms with E-state index >= 15 is 0 Å². The number of anilines is 1. The zero-order chi connectivity index (χ0) is 16.0. The molecule has 0 bridgehead atoms. The van der Waals surface area contributed by atoms with E-state index in [1.165, 1.54) is 19.2 Å². The Morgan fingerprint density at radius 1 is 1.24 bits per heavy atom. The van der Waals surface area contributed by atoms with Gasteiger partial charge in [0.2, 0.25) is 10.0 Å². The molecule has 0 aliphatic rings. The molecule has 0 atom stereocenters. The van der Waals surface area contributed by atoms with Crippen molar-refractivity contribution in [3.63, 3.8) is 0 Å². The third-order valence-electron chi connectivity index (χ3n) is 2.27. The predicted molar refractivity (Wildman–Crippen MR) is 76.4 cm³/mol. The predicted octanol–water partition coefficient (Wildman–Crippen LogP) is 1.17. The summed E-state index contributed by atoms with van der Waals surface area (Å²) in [5.41, 5.74) is 0.0995. The first-order valence-corrected chi connectivity index (χ1v) is 7.77. The molecule has 0 saturated carbocycles. The Morgan fingerprint density at radius 3 is 2.43 bits per heavy atom. The van der Waals surface area contributed by atoms with Gasteiger partial charge in [0.1, 0.15) is 0 Å². The Kier molecular flexibility index (Phi) is 5.71. The van der Waals surface area contributed by atoms with E-state index < -0.39 is 33.8 Å². The number of nitrogens with one attached hydrogen (secondary N) is 1. The molecule has 0 unspecified atom stereocenters. The van der Waals surface area contributed by atoms with Crippen molar-refractivity contribution in [1.82, 2.24) is 0 Å². The number of ether oxygens (including phenoxy) is 2. The van der Waals surface area contributed by atoms with Crippen LogP contribution in [-0.4, -0.2) is 39.3 Å². The Morgan fingerprint density at radius 2 is 1.86 bits per heavy atom. The maximum Gasteiger partial charge on any atom is 0.339 e. The smallest absolute Gasteiger partial charge is 0.339 e. The number of para-hydroxylation sites is 1. The fraction of sp³-hybridized carbons (Fsp3) is 0.385. The highest BCUT2D eigenvalue weighted by atomic mass is 32.2. The molecule has 0 radical (unpaired) electrons. The summed E-state index contributed by atoms with van der Waals surface area (Å²) in [6.45, 7) is 3.23. The minimum Gasteiger partial charge on any atom is -0.465 e. The van der Waals surface area contributed by atoms with Gasteiger partial charge in [0.05, 0.1) is 24.5 Å². The Labute approximate surface area is 123 Å². The first-order valence-electron chi connectivity index (χ1n) is 6.12. The summed E-state index contributed by atoms with van der Waals surface area (Å²) in [6, 6.07) is 5.93. The SMILES string of the molecule is COC(=O)c1ccccc1NS(=O)(=O)CC(=O)OC(C)C. The molecule has 1 N–H and O–H groups in total. The van der Waals surface area contributed by atoms with Crippen molar-refractivity contribution in [3.05, 3.63) is 29.8 Å². The highest BCUT2D eigenvalue weighted by Crippen LogP contribution is 2.17. The van der Waals surface area contributed by atoms with Gasteiger partial charge in [0.25, 0.3) is 0 Å². The van der Waals surface area contributed by atoms with Crippen molar-refractivity contribution in [2.24, 2.45) is 0 Å². The molecule has 0 aliphatic carbocycles. The Bertz CT molecular complexity index is 623. The number of rotatable bonds is 6. The first kappa shape index (κ1) is 17.0. The maximum atomic E-state index is 11.9. The average Bonchev–Trinajstić information content (AvgIpc) is 2.36. The minimum atomic E-state index is -3.98. The van der Waals surface area contributed by atoms with Crippen LogP contribution in [0.2, 0.25) is 0 Å². The van der Waals surface area contributed by atoms with Gasteiger partial charge in [-0.3, -0.25) is 9.52 Å². The standard InChI is InChI=1S/C13H17NO6S/c1-9(2)20-12(15)8-21(17,18)14-11-7-5-4-6-10(11)13(16)19-3/h4-7,9,14H,8H2,1-3H3. The highest BCUT2D eigenvalue weighted by Gasteiger charge is 2.21. The number of carbonyl (C=O) groups is 2. The number of methoxy groups -OCH3 is 1. The van der Waals surface area contributed by atoms with Gasteiger partial charge in [-0.05, 0) is 26.0 Å². The lowest BCUT2D eigenvalue weighted by molar-refractivity contribution is -0.144. The number of hydrogen-bond donors (Lipinski definition) is 1. The molecule has 0 aromatic heterocycles. The molecule has 116 valence electrons. The van der Waals surface area contributed by atoms with Gasteiger partial charge in [0, 0.05) is 0 Å². The fourth-order valence-corrected chi connectivity index (χ4v) is 2.48. The molecular weight excluding hydrogens is 298 g/mol. The van der Waals surface area contributed by atoms with E-state index in [2.05, 4.69) is 9.46 Å². The summed E-state index contributed by atoms with van der Waals surface area (Å²) < 4.78 is 35.3. The van der Waals surface area contributed by atoms with E-state index in [-0.39, 0.29) is 11.3 Å². The molecule has 0 aliphatic heterocycles. The normalized spacial score (nSPS) is 11.0. The van der Waals surface area contributed by atoms with Crippen LogP contribution >= 0.6 is 0 Å². The summed E-state index contributed by atoms with van der Waals surface area (Å²) in [5, 5.41) is 0. The number of sulfonamides is 1. The van der Waals surface area contributed by atoms with Crippen molar-refractivity contribution < 1.29 is 27.5 Å². The molecule has 21 heavy (non-hydrogen) atoms. The summed E-state index contributed by atoms with van der Waals surface area (Å²) in [5.74, 6) is -2.38. The molecule has 1 aromatic carbocycles. The van der Waals surface area contributed by atoms with Crippen LogP contribution in [0.3, 0.4) is 0 Å². The number of hydrogen-bond acceptors (Lipinski definition) is 6. The molecule has 0 fully saturated rings. The Balaban J connectivity index is 2.90. The second kappa shape index (κ2) is 7.07. The second-order valence-corrected chi connectivity index (χ2v) is 6.16. The van der Waals surface area contributed by atoms with Crippen molar-refractivity contribution in [3.8, 4) is 0 Å². The highest BCUT2D eigenvalue weighted by molar-refractivity contribution is 7.93. The summed E-state index contributed by atoms with van der Waals surface area (Å²) in [6.07, 6.45) is -0.407. The molecule has 0 heterocycles. The molecule has 0 saturated heterocycles. The van der Waals surface area contributed by atoms with Crippen LogP contribution in [0.5, 0.6) is 0 Å².